The van der Waals surface area contributed by atoms with Gasteiger partial charge in [-0.05, 0) is 43.4 Å². The molecule has 0 fully saturated rings. The van der Waals surface area contributed by atoms with Crippen LogP contribution in [0.4, 0.5) is 0 Å². The summed E-state index contributed by atoms with van der Waals surface area (Å²) in [5.41, 5.74) is 0. The third-order valence-electron chi connectivity index (χ3n) is 2.52. The second-order valence-corrected chi connectivity index (χ2v) is 5.08. The summed E-state index contributed by atoms with van der Waals surface area (Å²) in [6.45, 7) is 1.95. The Hall–Kier alpha value is -1.01. The van der Waals surface area contributed by atoms with E-state index < -0.39 is 0 Å². The van der Waals surface area contributed by atoms with E-state index in [4.69, 9.17) is 17.0 Å². The van der Waals surface area contributed by atoms with Gasteiger partial charge in [0.15, 0.2) is 6.17 Å². The van der Waals surface area contributed by atoms with Gasteiger partial charge >= 0.3 is 0 Å². The van der Waals surface area contributed by atoms with Crippen molar-refractivity contribution >= 4 is 33.3 Å². The van der Waals surface area contributed by atoms with E-state index >= 15 is 0 Å². The molecule has 1 heterocycles. The van der Waals surface area contributed by atoms with E-state index in [0.29, 0.717) is 5.11 Å². The first-order valence-corrected chi connectivity index (χ1v) is 6.38. The number of benzene rings is 1. The van der Waals surface area contributed by atoms with Crippen LogP contribution in [-0.2, 0) is 0 Å². The monoisotopic (exact) mass is 313 g/mol. The zero-order chi connectivity index (χ0) is 12.4. The van der Waals surface area contributed by atoms with Gasteiger partial charge in [-0.25, -0.2) is 0 Å². The maximum absolute atomic E-state index is 5.80. The van der Waals surface area contributed by atoms with Gasteiger partial charge in [-0.2, -0.15) is 5.11 Å². The summed E-state index contributed by atoms with van der Waals surface area (Å²) in [7, 11) is 1.87. The molecule has 0 radical (unpaired) electrons. The second kappa shape index (κ2) is 5.10. The highest BCUT2D eigenvalue weighted by molar-refractivity contribution is 9.10. The molecule has 0 aliphatic carbocycles. The van der Waals surface area contributed by atoms with E-state index in [2.05, 4.69) is 26.2 Å². The Morgan fingerprint density at radius 2 is 2.06 bits per heavy atom. The molecular weight excluding hydrogens is 302 g/mol. The fourth-order valence-corrected chi connectivity index (χ4v) is 1.99. The molecule has 4 nitrogen and oxygen atoms in total. The predicted molar refractivity (Wildman–Crippen MR) is 73.2 cm³/mol. The van der Waals surface area contributed by atoms with Crippen LogP contribution >= 0.6 is 28.1 Å². The van der Waals surface area contributed by atoms with E-state index in [0.717, 1.165) is 10.2 Å². The average molecular weight is 314 g/mol. The number of ether oxygens (including phenoxy) is 1. The van der Waals surface area contributed by atoms with Gasteiger partial charge in [-0.3, -0.25) is 0 Å². The van der Waals surface area contributed by atoms with E-state index in [1.165, 1.54) is 0 Å². The third-order valence-corrected chi connectivity index (χ3v) is 3.41. The molecule has 1 aromatic rings. The van der Waals surface area contributed by atoms with Crippen LogP contribution in [0.3, 0.4) is 0 Å². The highest BCUT2D eigenvalue weighted by Gasteiger charge is 2.29. The largest absolute Gasteiger partial charge is 0.486 e. The van der Waals surface area contributed by atoms with Crippen LogP contribution in [0.5, 0.6) is 5.75 Å². The summed E-state index contributed by atoms with van der Waals surface area (Å²) in [6, 6.07) is 7.69. The van der Waals surface area contributed by atoms with Gasteiger partial charge in [0.25, 0.3) is 0 Å². The van der Waals surface area contributed by atoms with Crippen LogP contribution in [0.2, 0.25) is 0 Å². The molecule has 1 aromatic carbocycles. The van der Waals surface area contributed by atoms with Crippen molar-refractivity contribution in [1.29, 1.82) is 0 Å². The molecule has 1 aliphatic heterocycles. The van der Waals surface area contributed by atoms with Crippen LogP contribution < -0.4 is 4.74 Å². The van der Waals surface area contributed by atoms with E-state index in [-0.39, 0.29) is 12.3 Å². The molecular formula is C11H12BrN3OS. The molecule has 2 rings (SSSR count). The zero-order valence-corrected chi connectivity index (χ0v) is 11.9. The van der Waals surface area contributed by atoms with Crippen molar-refractivity contribution in [3.05, 3.63) is 28.7 Å². The van der Waals surface area contributed by atoms with Gasteiger partial charge in [0.2, 0.25) is 5.11 Å². The second-order valence-electron chi connectivity index (χ2n) is 3.80. The first-order valence-electron chi connectivity index (χ1n) is 5.18. The van der Waals surface area contributed by atoms with Crippen LogP contribution in [0, 0.1) is 0 Å². The molecule has 0 saturated carbocycles. The molecule has 0 amide bonds. The fourth-order valence-electron chi connectivity index (χ4n) is 1.57. The van der Waals surface area contributed by atoms with E-state index in [9.17, 15) is 0 Å². The molecule has 2 atom stereocenters. The standard InChI is InChI=1S/C11H12BrN3OS/c1-7(10-13-14-11(17)15(10)2)16-9-5-3-8(12)4-6-9/h3-7,10H,1-2H3. The molecule has 6 heteroatoms. The van der Waals surface area contributed by atoms with Crippen LogP contribution in [-0.4, -0.2) is 29.3 Å². The molecule has 1 aliphatic rings. The number of halogens is 1. The lowest BCUT2D eigenvalue weighted by atomic mass is 10.3. The maximum atomic E-state index is 5.80. The van der Waals surface area contributed by atoms with Crippen LogP contribution in [0.15, 0.2) is 39.0 Å². The van der Waals surface area contributed by atoms with Gasteiger partial charge in [-0.1, -0.05) is 15.9 Å². The highest BCUT2D eigenvalue weighted by Crippen LogP contribution is 2.21. The molecule has 0 N–H and O–H groups in total. The average Bonchev–Trinajstić information content (AvgIpc) is 2.63. The number of nitrogens with zero attached hydrogens (tertiary/aromatic N) is 3. The zero-order valence-electron chi connectivity index (χ0n) is 9.50. The highest BCUT2D eigenvalue weighted by atomic mass is 79.9. The molecule has 0 saturated heterocycles. The number of azo groups is 1. The fraction of sp³-hybridized carbons (Fsp3) is 0.364. The normalized spacial score (nSPS) is 20.8. The summed E-state index contributed by atoms with van der Waals surface area (Å²) < 4.78 is 6.82. The lowest BCUT2D eigenvalue weighted by molar-refractivity contribution is 0.142. The van der Waals surface area contributed by atoms with Crippen molar-refractivity contribution < 1.29 is 4.74 Å². The van der Waals surface area contributed by atoms with Gasteiger partial charge in [0, 0.05) is 11.5 Å². The molecule has 0 bridgehead atoms. The first-order chi connectivity index (χ1) is 8.08. The molecule has 2 unspecified atom stereocenters. The van der Waals surface area contributed by atoms with Crippen molar-refractivity contribution in [3.63, 3.8) is 0 Å². The van der Waals surface area contributed by atoms with E-state index in [1.54, 1.807) is 0 Å². The Labute approximate surface area is 114 Å². The van der Waals surface area contributed by atoms with Gasteiger partial charge in [-0.15, -0.1) is 5.11 Å². The van der Waals surface area contributed by atoms with Crippen molar-refractivity contribution in [1.82, 2.24) is 4.90 Å². The van der Waals surface area contributed by atoms with E-state index in [1.807, 2.05) is 43.1 Å². The van der Waals surface area contributed by atoms with Crippen molar-refractivity contribution in [2.75, 3.05) is 7.05 Å². The Morgan fingerprint density at radius 1 is 1.41 bits per heavy atom. The molecule has 0 aromatic heterocycles. The Morgan fingerprint density at radius 3 is 2.59 bits per heavy atom. The van der Waals surface area contributed by atoms with Gasteiger partial charge in [0.1, 0.15) is 11.9 Å². The summed E-state index contributed by atoms with van der Waals surface area (Å²) in [4.78, 5) is 1.83. The predicted octanol–water partition coefficient (Wildman–Crippen LogP) is 3.23. The lowest BCUT2D eigenvalue weighted by Gasteiger charge is -2.24. The quantitative estimate of drug-likeness (QED) is 0.804. The number of hydrogen-bond donors (Lipinski definition) is 0. The number of rotatable bonds is 3. The Balaban J connectivity index is 2.02. The smallest absolute Gasteiger partial charge is 0.217 e. The first kappa shape index (κ1) is 12.4. The SMILES string of the molecule is CC(Oc1ccc(Br)cc1)C1N=NC(=S)N1C. The van der Waals surface area contributed by atoms with Crippen molar-refractivity contribution in [3.8, 4) is 5.75 Å². The van der Waals surface area contributed by atoms with Crippen molar-refractivity contribution in [2.24, 2.45) is 10.2 Å². The topological polar surface area (TPSA) is 37.2 Å². The summed E-state index contributed by atoms with van der Waals surface area (Å²) in [5, 5.41) is 8.46. The number of likely N-dealkylation sites (N-methyl/N-ethyl adjacent to an activating group) is 1. The minimum Gasteiger partial charge on any atom is -0.486 e. The minimum absolute atomic E-state index is 0.106. The number of thiocarbonyl (C=S) groups is 1. The summed E-state index contributed by atoms with van der Waals surface area (Å²) in [5.74, 6) is 0.808. The third kappa shape index (κ3) is 2.81. The molecule has 90 valence electrons. The van der Waals surface area contributed by atoms with Crippen LogP contribution in [0.1, 0.15) is 6.92 Å². The lowest BCUT2D eigenvalue weighted by Crippen LogP contribution is -2.39. The molecule has 17 heavy (non-hydrogen) atoms. The number of hydrogen-bond acceptors (Lipinski definition) is 3. The molecule has 0 spiro atoms. The van der Waals surface area contributed by atoms with Gasteiger partial charge in [0.05, 0.1) is 0 Å². The summed E-state index contributed by atoms with van der Waals surface area (Å²) in [6.07, 6.45) is -0.253. The maximum Gasteiger partial charge on any atom is 0.217 e. The minimum atomic E-state index is -0.147. The Kier molecular flexibility index (Phi) is 3.73. The Bertz CT molecular complexity index is 449. The van der Waals surface area contributed by atoms with Gasteiger partial charge < -0.3 is 9.64 Å². The van der Waals surface area contributed by atoms with Crippen LogP contribution in [0.25, 0.3) is 0 Å². The van der Waals surface area contributed by atoms with Crippen molar-refractivity contribution in [2.45, 2.75) is 19.2 Å². The summed E-state index contributed by atoms with van der Waals surface area (Å²) >= 11 is 8.40.